The average Bonchev–Trinajstić information content (AvgIpc) is 3.42. The highest BCUT2D eigenvalue weighted by Crippen LogP contribution is 2.35. The summed E-state index contributed by atoms with van der Waals surface area (Å²) < 4.78 is 27.2. The highest BCUT2D eigenvalue weighted by molar-refractivity contribution is 5.47. The van der Waals surface area contributed by atoms with Crippen molar-refractivity contribution in [1.29, 1.82) is 0 Å². The lowest BCUT2D eigenvalue weighted by atomic mass is 10.1. The molecule has 2 aromatic carbocycles. The van der Waals surface area contributed by atoms with Gasteiger partial charge in [-0.15, -0.1) is 0 Å². The normalized spacial score (nSPS) is 17.9. The van der Waals surface area contributed by atoms with Crippen molar-refractivity contribution in [3.8, 4) is 28.7 Å². The van der Waals surface area contributed by atoms with E-state index in [1.165, 1.54) is 5.56 Å². The number of β-amino-alcohol motifs (C(OH)–C–C–N with tert-alkyl or cyclic N) is 1. The minimum absolute atomic E-state index is 0. The van der Waals surface area contributed by atoms with Gasteiger partial charge in [0, 0.05) is 45.3 Å². The van der Waals surface area contributed by atoms with Crippen LogP contribution in [0.3, 0.4) is 0 Å². The van der Waals surface area contributed by atoms with Crippen molar-refractivity contribution < 1.29 is 53.6 Å². The van der Waals surface area contributed by atoms with Crippen LogP contribution in [0.15, 0.2) is 36.4 Å². The molecule has 3 aliphatic rings. The van der Waals surface area contributed by atoms with Crippen LogP contribution >= 0.6 is 0 Å². The molecule has 0 saturated carbocycles. The number of piperazine rings is 1. The van der Waals surface area contributed by atoms with Crippen LogP contribution in [0.1, 0.15) is 5.56 Å². The van der Waals surface area contributed by atoms with Crippen LogP contribution in [0.2, 0.25) is 0 Å². The number of aliphatic hydroxyl groups excluding tert-OH is 1. The summed E-state index contributed by atoms with van der Waals surface area (Å²) in [4.78, 5) is 4.70. The highest BCUT2D eigenvalue weighted by Gasteiger charge is 2.21. The second-order valence-corrected chi connectivity index (χ2v) is 7.74. The third-order valence-corrected chi connectivity index (χ3v) is 5.56. The second kappa shape index (κ2) is 11.2. The van der Waals surface area contributed by atoms with Gasteiger partial charge in [0.05, 0.1) is 0 Å². The second-order valence-electron chi connectivity index (χ2n) is 7.74. The summed E-state index contributed by atoms with van der Waals surface area (Å²) in [6.07, 6.45) is -0.546. The van der Waals surface area contributed by atoms with Crippen molar-refractivity contribution in [2.45, 2.75) is 12.6 Å². The number of nitrogens with zero attached hydrogens (tertiary/aromatic N) is 2. The number of hydrogen-bond donors (Lipinski definition) is 1. The first kappa shape index (κ1) is 24.5. The Morgan fingerprint density at radius 2 is 1.38 bits per heavy atom. The van der Waals surface area contributed by atoms with Gasteiger partial charge in [0.15, 0.2) is 23.0 Å². The predicted molar refractivity (Wildman–Crippen MR) is 108 cm³/mol. The van der Waals surface area contributed by atoms with Crippen molar-refractivity contribution >= 4 is 0 Å². The number of benzene rings is 2. The summed E-state index contributed by atoms with van der Waals surface area (Å²) in [5.41, 5.74) is 1.23. The van der Waals surface area contributed by atoms with Gasteiger partial charge in [-0.1, -0.05) is 6.07 Å². The number of fused-ring (bicyclic) bond motifs is 2. The minimum atomic E-state index is -0.546. The zero-order valence-electron chi connectivity index (χ0n) is 17.5. The molecule has 3 aliphatic heterocycles. The molecule has 1 fully saturated rings. The molecule has 176 valence electrons. The van der Waals surface area contributed by atoms with Gasteiger partial charge >= 0.3 is 0 Å². The van der Waals surface area contributed by atoms with Gasteiger partial charge in [-0.2, -0.15) is 0 Å². The molecule has 1 atom stereocenters. The van der Waals surface area contributed by atoms with Crippen LogP contribution in [0.5, 0.6) is 28.7 Å². The molecule has 0 aliphatic carbocycles. The number of rotatable bonds is 7. The largest absolute Gasteiger partial charge is 1.00 e. The van der Waals surface area contributed by atoms with E-state index >= 15 is 0 Å². The summed E-state index contributed by atoms with van der Waals surface area (Å²) in [6.45, 7) is 6.05. The summed E-state index contributed by atoms with van der Waals surface area (Å²) in [5, 5.41) is 10.4. The first-order valence-electron chi connectivity index (χ1n) is 10.3. The molecule has 0 aromatic heterocycles. The molecule has 8 nitrogen and oxygen atoms in total. The van der Waals surface area contributed by atoms with E-state index < -0.39 is 6.10 Å². The van der Waals surface area contributed by atoms with Crippen molar-refractivity contribution in [2.75, 3.05) is 52.9 Å². The standard InChI is InChI=1S/C22H26N2O6.2ClH/c25-17(13-26-18-2-4-20-22(10-18)30-15-28-20)12-24-7-5-23(6-8-24)11-16-1-3-19-21(9-16)29-14-27-19;;/h1-4,9-10,17,25H,5-8,11-15H2;2*1H/p-2. The third-order valence-electron chi connectivity index (χ3n) is 5.56. The lowest BCUT2D eigenvalue weighted by Crippen LogP contribution is -3.00. The smallest absolute Gasteiger partial charge is 0.231 e. The quantitative estimate of drug-likeness (QED) is 0.423. The Labute approximate surface area is 199 Å². The van der Waals surface area contributed by atoms with Crippen LogP contribution in [-0.2, 0) is 6.54 Å². The Kier molecular flexibility index (Phi) is 8.56. The summed E-state index contributed by atoms with van der Waals surface area (Å²) in [7, 11) is 0. The first-order chi connectivity index (χ1) is 14.7. The van der Waals surface area contributed by atoms with E-state index in [0.29, 0.717) is 24.8 Å². The van der Waals surface area contributed by atoms with Gasteiger partial charge in [0.25, 0.3) is 0 Å². The topological polar surface area (TPSA) is 72.9 Å². The van der Waals surface area contributed by atoms with Crippen molar-refractivity contribution in [2.24, 2.45) is 0 Å². The summed E-state index contributed by atoms with van der Waals surface area (Å²) >= 11 is 0. The molecular formula is C22H26Cl2N2O6-2. The van der Waals surface area contributed by atoms with Crippen LogP contribution in [0, 0.1) is 0 Å². The lowest BCUT2D eigenvalue weighted by Gasteiger charge is -2.35. The summed E-state index contributed by atoms with van der Waals surface area (Å²) in [6, 6.07) is 11.6. The van der Waals surface area contributed by atoms with E-state index in [1.807, 2.05) is 18.2 Å². The fraction of sp³-hybridized carbons (Fsp3) is 0.455. The maximum atomic E-state index is 10.4. The molecule has 32 heavy (non-hydrogen) atoms. The van der Waals surface area contributed by atoms with Crippen molar-refractivity contribution in [3.05, 3.63) is 42.0 Å². The fourth-order valence-electron chi connectivity index (χ4n) is 3.94. The molecule has 1 unspecified atom stereocenters. The Bertz CT molecular complexity index is 895. The maximum absolute atomic E-state index is 10.4. The Morgan fingerprint density at radius 3 is 2.09 bits per heavy atom. The van der Waals surface area contributed by atoms with Gasteiger partial charge in [0.2, 0.25) is 13.6 Å². The Morgan fingerprint density at radius 1 is 0.781 bits per heavy atom. The van der Waals surface area contributed by atoms with Gasteiger partial charge in [0.1, 0.15) is 18.5 Å². The van der Waals surface area contributed by atoms with E-state index in [1.54, 1.807) is 6.07 Å². The molecule has 0 bridgehead atoms. The van der Waals surface area contributed by atoms with Crippen LogP contribution in [0.4, 0.5) is 0 Å². The molecule has 0 radical (unpaired) electrons. The maximum Gasteiger partial charge on any atom is 0.231 e. The van der Waals surface area contributed by atoms with E-state index in [9.17, 15) is 5.11 Å². The fourth-order valence-corrected chi connectivity index (χ4v) is 3.94. The molecule has 0 amide bonds. The molecule has 5 rings (SSSR count). The Balaban J connectivity index is 0.00000144. The van der Waals surface area contributed by atoms with E-state index in [0.717, 1.165) is 50.0 Å². The zero-order valence-corrected chi connectivity index (χ0v) is 19.1. The molecule has 1 N–H and O–H groups in total. The van der Waals surface area contributed by atoms with E-state index in [-0.39, 0.29) is 38.2 Å². The molecule has 1 saturated heterocycles. The zero-order chi connectivity index (χ0) is 20.3. The van der Waals surface area contributed by atoms with Gasteiger partial charge < -0.3 is 53.6 Å². The molecule has 10 heteroatoms. The molecular weight excluding hydrogens is 459 g/mol. The van der Waals surface area contributed by atoms with Gasteiger partial charge in [-0.25, -0.2) is 0 Å². The number of aliphatic hydroxyl groups is 1. The van der Waals surface area contributed by atoms with Crippen LogP contribution < -0.4 is 48.5 Å². The number of hydrogen-bond acceptors (Lipinski definition) is 8. The SMILES string of the molecule is OC(COc1ccc2c(c1)OCO2)CN1CCN(Cc2ccc3c(c2)OCO3)CC1.[Cl-].[Cl-]. The minimum Gasteiger partial charge on any atom is -1.00 e. The van der Waals surface area contributed by atoms with Gasteiger partial charge in [-0.05, 0) is 29.8 Å². The highest BCUT2D eigenvalue weighted by atomic mass is 35.5. The van der Waals surface area contributed by atoms with Crippen LogP contribution in [-0.4, -0.2) is 73.9 Å². The van der Waals surface area contributed by atoms with Crippen molar-refractivity contribution in [3.63, 3.8) is 0 Å². The molecule has 0 spiro atoms. The monoisotopic (exact) mass is 484 g/mol. The average molecular weight is 485 g/mol. The first-order valence-corrected chi connectivity index (χ1v) is 10.3. The molecule has 3 heterocycles. The van der Waals surface area contributed by atoms with E-state index in [4.69, 9.17) is 23.7 Å². The third kappa shape index (κ3) is 5.82. The molecule has 2 aromatic rings. The lowest BCUT2D eigenvalue weighted by molar-refractivity contribution is -0.00100. The summed E-state index contributed by atoms with van der Waals surface area (Å²) in [5.74, 6) is 3.73. The van der Waals surface area contributed by atoms with Crippen LogP contribution in [0.25, 0.3) is 0 Å². The van der Waals surface area contributed by atoms with Gasteiger partial charge in [-0.3, -0.25) is 9.80 Å². The number of ether oxygens (including phenoxy) is 5. The predicted octanol–water partition coefficient (Wildman–Crippen LogP) is -4.29. The van der Waals surface area contributed by atoms with E-state index in [2.05, 4.69) is 21.9 Å². The Hall–Kier alpha value is -2.10. The number of halogens is 2. The van der Waals surface area contributed by atoms with Crippen molar-refractivity contribution in [1.82, 2.24) is 9.80 Å².